The van der Waals surface area contributed by atoms with Crippen LogP contribution >= 0.6 is 0 Å². The summed E-state index contributed by atoms with van der Waals surface area (Å²) in [7, 11) is 0. The van der Waals surface area contributed by atoms with Gasteiger partial charge in [-0.15, -0.1) is 0 Å². The number of rotatable bonds is 4. The van der Waals surface area contributed by atoms with Gasteiger partial charge in [-0.05, 0) is 13.3 Å². The first kappa shape index (κ1) is 12.6. The van der Waals surface area contributed by atoms with Crippen molar-refractivity contribution in [2.24, 2.45) is 5.92 Å². The first-order valence-corrected chi connectivity index (χ1v) is 5.24. The lowest BCUT2D eigenvalue weighted by Gasteiger charge is -2.27. The van der Waals surface area contributed by atoms with Gasteiger partial charge in [0, 0.05) is 12.5 Å². The molecule has 2 amide bonds. The first-order chi connectivity index (χ1) is 7.41. The average molecular weight is 228 g/mol. The summed E-state index contributed by atoms with van der Waals surface area (Å²) in [6.07, 6.45) is 0.707. The summed E-state index contributed by atoms with van der Waals surface area (Å²) in [4.78, 5) is 33.0. The van der Waals surface area contributed by atoms with Crippen LogP contribution in [0.2, 0.25) is 0 Å². The molecular weight excluding hydrogens is 212 g/mol. The van der Waals surface area contributed by atoms with E-state index in [-0.39, 0.29) is 24.3 Å². The third-order valence-corrected chi connectivity index (χ3v) is 2.84. The molecule has 0 saturated carbocycles. The number of carbonyl (C=O) groups is 3. The number of nitrogens with one attached hydrogen (secondary N) is 2. The maximum Gasteiger partial charge on any atom is 0.307 e. The number of carboxylic acid groups (broad SMARTS) is 1. The van der Waals surface area contributed by atoms with Crippen molar-refractivity contribution in [3.05, 3.63) is 0 Å². The smallest absolute Gasteiger partial charge is 0.307 e. The molecule has 3 unspecified atom stereocenters. The molecule has 1 heterocycles. The van der Waals surface area contributed by atoms with Crippen LogP contribution in [0.15, 0.2) is 0 Å². The predicted molar refractivity (Wildman–Crippen MR) is 55.6 cm³/mol. The molecule has 90 valence electrons. The van der Waals surface area contributed by atoms with Crippen molar-refractivity contribution >= 4 is 17.8 Å². The van der Waals surface area contributed by atoms with Gasteiger partial charge in [-0.1, -0.05) is 6.92 Å². The highest BCUT2D eigenvalue weighted by Gasteiger charge is 2.29. The van der Waals surface area contributed by atoms with Crippen LogP contribution in [0.5, 0.6) is 0 Å². The van der Waals surface area contributed by atoms with E-state index >= 15 is 0 Å². The standard InChI is InChI=1S/C10H16N2O4/c1-5(10(15)16)6(2)11-7-3-4-8(13)12-9(7)14/h5-7,11H,3-4H2,1-2H3,(H,15,16)(H,12,13,14). The Hall–Kier alpha value is -1.43. The fraction of sp³-hybridized carbons (Fsp3) is 0.700. The fourth-order valence-corrected chi connectivity index (χ4v) is 1.53. The largest absolute Gasteiger partial charge is 0.481 e. The van der Waals surface area contributed by atoms with Crippen LogP contribution in [0, 0.1) is 5.92 Å². The van der Waals surface area contributed by atoms with Gasteiger partial charge in [0.25, 0.3) is 0 Å². The Morgan fingerprint density at radius 1 is 1.50 bits per heavy atom. The molecule has 6 heteroatoms. The lowest BCUT2D eigenvalue weighted by atomic mass is 10.00. The van der Waals surface area contributed by atoms with Gasteiger partial charge >= 0.3 is 5.97 Å². The summed E-state index contributed by atoms with van der Waals surface area (Å²) < 4.78 is 0. The second-order valence-corrected chi connectivity index (χ2v) is 4.09. The number of carbonyl (C=O) groups excluding carboxylic acids is 2. The van der Waals surface area contributed by atoms with Crippen LogP contribution in [0.1, 0.15) is 26.7 Å². The Kier molecular flexibility index (Phi) is 4.00. The fourth-order valence-electron chi connectivity index (χ4n) is 1.53. The highest BCUT2D eigenvalue weighted by atomic mass is 16.4. The Balaban J connectivity index is 2.51. The molecule has 0 aromatic rings. The van der Waals surface area contributed by atoms with Gasteiger partial charge in [0.15, 0.2) is 0 Å². The second-order valence-electron chi connectivity index (χ2n) is 4.09. The summed E-state index contributed by atoms with van der Waals surface area (Å²) in [6.45, 7) is 3.29. The van der Waals surface area contributed by atoms with E-state index in [1.165, 1.54) is 0 Å². The molecule has 1 aliphatic heterocycles. The Bertz CT molecular complexity index is 316. The number of imide groups is 1. The van der Waals surface area contributed by atoms with Crippen molar-refractivity contribution in [3.8, 4) is 0 Å². The summed E-state index contributed by atoms with van der Waals surface area (Å²) in [5.41, 5.74) is 0. The maximum atomic E-state index is 11.4. The minimum Gasteiger partial charge on any atom is -0.481 e. The topological polar surface area (TPSA) is 95.5 Å². The van der Waals surface area contributed by atoms with Crippen molar-refractivity contribution in [2.75, 3.05) is 0 Å². The second kappa shape index (κ2) is 5.07. The highest BCUT2D eigenvalue weighted by Crippen LogP contribution is 2.09. The number of piperidine rings is 1. The molecule has 0 bridgehead atoms. The maximum absolute atomic E-state index is 11.4. The molecule has 1 rings (SSSR count). The molecule has 0 spiro atoms. The summed E-state index contributed by atoms with van der Waals surface area (Å²) in [5, 5.41) is 13.9. The number of hydrogen-bond donors (Lipinski definition) is 3. The minimum atomic E-state index is -0.910. The van der Waals surface area contributed by atoms with Crippen molar-refractivity contribution in [2.45, 2.75) is 38.8 Å². The van der Waals surface area contributed by atoms with E-state index in [1.807, 2.05) is 0 Å². The van der Waals surface area contributed by atoms with E-state index in [4.69, 9.17) is 5.11 Å². The molecule has 1 saturated heterocycles. The van der Waals surface area contributed by atoms with E-state index in [1.54, 1.807) is 13.8 Å². The lowest BCUT2D eigenvalue weighted by Crippen LogP contribution is -2.54. The van der Waals surface area contributed by atoms with Crippen LogP contribution in [-0.4, -0.2) is 35.0 Å². The molecule has 1 aliphatic rings. The molecule has 3 atom stereocenters. The van der Waals surface area contributed by atoms with E-state index in [0.717, 1.165) is 0 Å². The predicted octanol–water partition coefficient (Wildman–Crippen LogP) is -0.510. The van der Waals surface area contributed by atoms with E-state index in [0.29, 0.717) is 6.42 Å². The van der Waals surface area contributed by atoms with Gasteiger partial charge < -0.3 is 10.4 Å². The Labute approximate surface area is 93.4 Å². The van der Waals surface area contributed by atoms with Crippen LogP contribution < -0.4 is 10.6 Å². The third kappa shape index (κ3) is 3.03. The summed E-state index contributed by atoms with van der Waals surface area (Å²) in [5.74, 6) is -2.14. The molecule has 0 aliphatic carbocycles. The van der Waals surface area contributed by atoms with Crippen molar-refractivity contribution < 1.29 is 19.5 Å². The zero-order valence-electron chi connectivity index (χ0n) is 9.32. The monoisotopic (exact) mass is 228 g/mol. The molecular formula is C10H16N2O4. The first-order valence-electron chi connectivity index (χ1n) is 5.24. The van der Waals surface area contributed by atoms with Gasteiger partial charge in [0.1, 0.15) is 0 Å². The minimum absolute atomic E-state index is 0.276. The number of carboxylic acids is 1. The average Bonchev–Trinajstić information content (AvgIpc) is 2.20. The summed E-state index contributed by atoms with van der Waals surface area (Å²) >= 11 is 0. The van der Waals surface area contributed by atoms with E-state index < -0.39 is 17.9 Å². The van der Waals surface area contributed by atoms with Crippen molar-refractivity contribution in [3.63, 3.8) is 0 Å². The van der Waals surface area contributed by atoms with Crippen LogP contribution in [0.4, 0.5) is 0 Å². The van der Waals surface area contributed by atoms with Gasteiger partial charge in [-0.2, -0.15) is 0 Å². The van der Waals surface area contributed by atoms with Crippen LogP contribution in [-0.2, 0) is 14.4 Å². The van der Waals surface area contributed by atoms with Crippen LogP contribution in [0.25, 0.3) is 0 Å². The van der Waals surface area contributed by atoms with Gasteiger partial charge in [0.2, 0.25) is 11.8 Å². The van der Waals surface area contributed by atoms with Gasteiger partial charge in [-0.25, -0.2) is 0 Å². The molecule has 0 radical (unpaired) electrons. The normalized spacial score (nSPS) is 24.8. The molecule has 1 fully saturated rings. The number of aliphatic carboxylic acids is 1. The highest BCUT2D eigenvalue weighted by molar-refractivity contribution is 6.00. The molecule has 16 heavy (non-hydrogen) atoms. The van der Waals surface area contributed by atoms with E-state index in [9.17, 15) is 14.4 Å². The Morgan fingerprint density at radius 2 is 2.12 bits per heavy atom. The van der Waals surface area contributed by atoms with E-state index in [2.05, 4.69) is 10.6 Å². The van der Waals surface area contributed by atoms with Crippen molar-refractivity contribution in [1.29, 1.82) is 0 Å². The zero-order valence-corrected chi connectivity index (χ0v) is 9.32. The molecule has 0 aromatic heterocycles. The SMILES string of the molecule is CC(NC1CCC(=O)NC1=O)C(C)C(=O)O. The Morgan fingerprint density at radius 3 is 2.62 bits per heavy atom. The molecule has 6 nitrogen and oxygen atoms in total. The molecule has 3 N–H and O–H groups in total. The third-order valence-electron chi connectivity index (χ3n) is 2.84. The summed E-state index contributed by atoms with van der Waals surface area (Å²) in [6, 6.07) is -0.795. The number of amides is 2. The molecule has 0 aromatic carbocycles. The quantitative estimate of drug-likeness (QED) is 0.563. The number of hydrogen-bond acceptors (Lipinski definition) is 4. The van der Waals surface area contributed by atoms with Gasteiger partial charge in [0.05, 0.1) is 12.0 Å². The van der Waals surface area contributed by atoms with Crippen LogP contribution in [0.3, 0.4) is 0 Å². The van der Waals surface area contributed by atoms with Crippen molar-refractivity contribution in [1.82, 2.24) is 10.6 Å². The van der Waals surface area contributed by atoms with Gasteiger partial charge in [-0.3, -0.25) is 19.7 Å². The lowest BCUT2D eigenvalue weighted by molar-refractivity contribution is -0.143. The zero-order chi connectivity index (χ0) is 12.3.